The molecule has 5 nitrogen and oxygen atoms in total. The molecule has 1 aliphatic heterocycles. The number of nitrogens with one attached hydrogen (secondary N) is 2. The summed E-state index contributed by atoms with van der Waals surface area (Å²) >= 11 is 7.48. The highest BCUT2D eigenvalue weighted by Gasteiger charge is 2.36. The van der Waals surface area contributed by atoms with Crippen LogP contribution in [-0.2, 0) is 10.5 Å². The van der Waals surface area contributed by atoms with E-state index in [4.69, 9.17) is 16.0 Å². The molecule has 160 valence electrons. The fourth-order valence-corrected chi connectivity index (χ4v) is 4.70. The number of dihydropyridines is 1. The minimum Gasteiger partial charge on any atom is -0.468 e. The number of nitrogens with zero attached hydrogens (tertiary/aromatic N) is 1. The molecular weight excluding hydrogens is 442 g/mol. The Kier molecular flexibility index (Phi) is 6.69. The second-order valence-corrected chi connectivity index (χ2v) is 8.62. The van der Waals surface area contributed by atoms with Crippen LogP contribution in [0.25, 0.3) is 0 Å². The third-order valence-corrected chi connectivity index (χ3v) is 6.39. The number of amides is 1. The minimum atomic E-state index is -0.609. The summed E-state index contributed by atoms with van der Waals surface area (Å²) in [4.78, 5) is 13.3. The van der Waals surface area contributed by atoms with E-state index < -0.39 is 5.92 Å². The van der Waals surface area contributed by atoms with Crippen LogP contribution in [0.2, 0.25) is 5.02 Å². The smallest absolute Gasteiger partial charge is 0.254 e. The van der Waals surface area contributed by atoms with Gasteiger partial charge in [-0.15, -0.1) is 11.8 Å². The molecule has 3 aromatic rings. The summed E-state index contributed by atoms with van der Waals surface area (Å²) in [5.41, 5.74) is 3.33. The summed E-state index contributed by atoms with van der Waals surface area (Å²) in [5.74, 6) is 0.320. The summed E-state index contributed by atoms with van der Waals surface area (Å²) in [6.45, 7) is 1.84. The lowest BCUT2D eigenvalue weighted by Gasteiger charge is -2.28. The average molecular weight is 462 g/mol. The number of hydrogen-bond donors (Lipinski definition) is 2. The van der Waals surface area contributed by atoms with E-state index in [9.17, 15) is 10.1 Å². The van der Waals surface area contributed by atoms with Crippen molar-refractivity contribution in [3.63, 3.8) is 0 Å². The van der Waals surface area contributed by atoms with Gasteiger partial charge in [0.2, 0.25) is 0 Å². The Balaban J connectivity index is 1.67. The van der Waals surface area contributed by atoms with Gasteiger partial charge in [-0.25, -0.2) is 0 Å². The molecule has 0 saturated carbocycles. The van der Waals surface area contributed by atoms with Gasteiger partial charge in [0.05, 0.1) is 34.4 Å². The lowest BCUT2D eigenvalue weighted by molar-refractivity contribution is -0.113. The van der Waals surface area contributed by atoms with Crippen LogP contribution in [0.15, 0.2) is 99.3 Å². The Labute approximate surface area is 195 Å². The number of benzene rings is 2. The van der Waals surface area contributed by atoms with Gasteiger partial charge in [-0.05, 0) is 48.9 Å². The number of thioether (sulfide) groups is 1. The first-order valence-electron chi connectivity index (χ1n) is 9.96. The lowest BCUT2D eigenvalue weighted by Crippen LogP contribution is -2.30. The molecule has 0 spiro atoms. The second-order valence-electron chi connectivity index (χ2n) is 7.20. The van der Waals surface area contributed by atoms with E-state index in [0.29, 0.717) is 39.1 Å². The molecule has 2 aromatic carbocycles. The summed E-state index contributed by atoms with van der Waals surface area (Å²) in [5, 5.41) is 17.6. The average Bonchev–Trinajstić information content (AvgIpc) is 3.34. The molecule has 1 amide bonds. The zero-order valence-electron chi connectivity index (χ0n) is 17.3. The van der Waals surface area contributed by atoms with Crippen molar-refractivity contribution in [1.82, 2.24) is 5.32 Å². The van der Waals surface area contributed by atoms with Gasteiger partial charge in [-0.1, -0.05) is 41.9 Å². The highest BCUT2D eigenvalue weighted by Crippen LogP contribution is 2.41. The van der Waals surface area contributed by atoms with E-state index in [-0.39, 0.29) is 5.91 Å². The van der Waals surface area contributed by atoms with Crippen molar-refractivity contribution in [2.45, 2.75) is 18.6 Å². The quantitative estimate of drug-likeness (QED) is 0.456. The molecular formula is C25H20ClN3O2S. The first-order valence-corrected chi connectivity index (χ1v) is 11.3. The highest BCUT2D eigenvalue weighted by atomic mass is 35.5. The standard InChI is InChI=1S/C25H20ClN3O2S/c1-16-22(24(30)29-19-11-9-18(26)10-12-19)23(21-8-5-13-31-21)20(14-27)25(28-16)32-15-17-6-3-2-4-7-17/h2-13,23,28H,15H2,1H3,(H,29,30)/t23-/m1/s1. The van der Waals surface area contributed by atoms with Gasteiger partial charge in [0.25, 0.3) is 5.91 Å². The van der Waals surface area contributed by atoms with Gasteiger partial charge in [0.15, 0.2) is 0 Å². The van der Waals surface area contributed by atoms with Crippen molar-refractivity contribution in [2.24, 2.45) is 0 Å². The minimum absolute atomic E-state index is 0.307. The normalized spacial score (nSPS) is 15.8. The number of carbonyl (C=O) groups is 1. The van der Waals surface area contributed by atoms with Crippen LogP contribution in [0.1, 0.15) is 24.2 Å². The Morgan fingerprint density at radius 1 is 1.16 bits per heavy atom. The second kappa shape index (κ2) is 9.82. The van der Waals surface area contributed by atoms with Crippen molar-refractivity contribution in [3.8, 4) is 6.07 Å². The van der Waals surface area contributed by atoms with Crippen LogP contribution in [0.3, 0.4) is 0 Å². The molecule has 0 unspecified atom stereocenters. The molecule has 2 heterocycles. The Hall–Kier alpha value is -3.40. The maximum absolute atomic E-state index is 13.3. The van der Waals surface area contributed by atoms with Gasteiger partial charge in [-0.2, -0.15) is 5.26 Å². The van der Waals surface area contributed by atoms with E-state index in [0.717, 1.165) is 10.6 Å². The van der Waals surface area contributed by atoms with E-state index in [2.05, 4.69) is 16.7 Å². The van der Waals surface area contributed by atoms with E-state index in [1.807, 2.05) is 37.3 Å². The molecule has 0 aliphatic carbocycles. The predicted octanol–water partition coefficient (Wildman–Crippen LogP) is 6.20. The molecule has 7 heteroatoms. The molecule has 1 aliphatic rings. The van der Waals surface area contributed by atoms with Crippen LogP contribution >= 0.6 is 23.4 Å². The van der Waals surface area contributed by atoms with Gasteiger partial charge >= 0.3 is 0 Å². The SMILES string of the molecule is CC1=C(C(=O)Nc2ccc(Cl)cc2)[C@@H](c2ccco2)C(C#N)=C(SCc2ccccc2)N1. The van der Waals surface area contributed by atoms with Gasteiger partial charge in [0.1, 0.15) is 5.76 Å². The van der Waals surface area contributed by atoms with Gasteiger partial charge < -0.3 is 15.1 Å². The fraction of sp³-hybridized carbons (Fsp3) is 0.120. The number of carbonyl (C=O) groups excluding carboxylic acids is 1. The number of hydrogen-bond acceptors (Lipinski definition) is 5. The van der Waals surface area contributed by atoms with Crippen molar-refractivity contribution in [1.29, 1.82) is 5.26 Å². The van der Waals surface area contributed by atoms with Gasteiger partial charge in [-0.3, -0.25) is 4.79 Å². The molecule has 2 N–H and O–H groups in total. The number of allylic oxidation sites excluding steroid dienone is 2. The van der Waals surface area contributed by atoms with Crippen molar-refractivity contribution >= 4 is 35.0 Å². The molecule has 0 fully saturated rings. The summed E-state index contributed by atoms with van der Waals surface area (Å²) < 4.78 is 5.66. The van der Waals surface area contributed by atoms with Crippen LogP contribution < -0.4 is 10.6 Å². The third kappa shape index (κ3) is 4.75. The maximum atomic E-state index is 13.3. The first-order chi connectivity index (χ1) is 15.6. The van der Waals surface area contributed by atoms with E-state index in [1.54, 1.807) is 42.7 Å². The van der Waals surface area contributed by atoms with Crippen molar-refractivity contribution < 1.29 is 9.21 Å². The third-order valence-electron chi connectivity index (χ3n) is 5.05. The zero-order valence-corrected chi connectivity index (χ0v) is 18.8. The molecule has 1 atom stereocenters. The van der Waals surface area contributed by atoms with Crippen molar-refractivity contribution in [2.75, 3.05) is 5.32 Å². The number of anilines is 1. The number of furan rings is 1. The molecule has 0 radical (unpaired) electrons. The van der Waals surface area contributed by atoms with Crippen LogP contribution in [0, 0.1) is 11.3 Å². The first kappa shape index (κ1) is 21.8. The fourth-order valence-electron chi connectivity index (χ4n) is 3.53. The van der Waals surface area contributed by atoms with Crippen LogP contribution in [0.4, 0.5) is 5.69 Å². The topological polar surface area (TPSA) is 78.1 Å². The molecule has 0 bridgehead atoms. The molecule has 4 rings (SSSR count). The maximum Gasteiger partial charge on any atom is 0.254 e. The Morgan fingerprint density at radius 3 is 2.56 bits per heavy atom. The predicted molar refractivity (Wildman–Crippen MR) is 128 cm³/mol. The summed E-state index contributed by atoms with van der Waals surface area (Å²) in [6.07, 6.45) is 1.55. The Morgan fingerprint density at radius 2 is 1.91 bits per heavy atom. The largest absolute Gasteiger partial charge is 0.468 e. The lowest BCUT2D eigenvalue weighted by atomic mass is 9.85. The summed E-state index contributed by atoms with van der Waals surface area (Å²) in [6, 6.07) is 22.8. The zero-order chi connectivity index (χ0) is 22.5. The summed E-state index contributed by atoms with van der Waals surface area (Å²) in [7, 11) is 0. The highest BCUT2D eigenvalue weighted by molar-refractivity contribution is 8.02. The van der Waals surface area contributed by atoms with E-state index >= 15 is 0 Å². The molecule has 1 aromatic heterocycles. The Bertz CT molecular complexity index is 1210. The van der Waals surface area contributed by atoms with Crippen molar-refractivity contribution in [3.05, 3.63) is 111 Å². The van der Waals surface area contributed by atoms with Crippen LogP contribution in [-0.4, -0.2) is 5.91 Å². The van der Waals surface area contributed by atoms with Crippen LogP contribution in [0.5, 0.6) is 0 Å². The number of rotatable bonds is 6. The van der Waals surface area contributed by atoms with E-state index in [1.165, 1.54) is 11.8 Å². The molecule has 32 heavy (non-hydrogen) atoms. The monoisotopic (exact) mass is 461 g/mol. The molecule has 0 saturated heterocycles. The van der Waals surface area contributed by atoms with Gasteiger partial charge in [0, 0.05) is 22.2 Å². The number of halogens is 1. The number of nitriles is 1.